The quantitative estimate of drug-likeness (QED) is 0.761. The number of primary sulfonamides is 1. The Morgan fingerprint density at radius 1 is 1.47 bits per heavy atom. The van der Waals surface area contributed by atoms with Crippen LogP contribution in [0.15, 0.2) is 15.8 Å². The highest BCUT2D eigenvalue weighted by atomic mass is 35.5. The summed E-state index contributed by atoms with van der Waals surface area (Å²) in [5.41, 5.74) is -2.27. The third kappa shape index (κ3) is 2.52. The van der Waals surface area contributed by atoms with Crippen LogP contribution in [0.3, 0.4) is 0 Å². The standard InChI is InChI=1S/C6H5ClF2N2O3S/c7-3-1-2(12)5(15(10,13)14)4(11-3)6(8)9/h1,6H,(H,11,12)(H2,10,13,14). The summed E-state index contributed by atoms with van der Waals surface area (Å²) in [6.45, 7) is 0. The zero-order valence-electron chi connectivity index (χ0n) is 7.00. The van der Waals surface area contributed by atoms with E-state index in [0.29, 0.717) is 6.07 Å². The van der Waals surface area contributed by atoms with Gasteiger partial charge in [-0.1, -0.05) is 11.6 Å². The molecule has 5 nitrogen and oxygen atoms in total. The van der Waals surface area contributed by atoms with Crippen molar-refractivity contribution in [2.75, 3.05) is 0 Å². The van der Waals surface area contributed by atoms with Crippen LogP contribution in [0.1, 0.15) is 12.1 Å². The molecular weight excluding hydrogens is 254 g/mol. The largest absolute Gasteiger partial charge is 0.343 e. The average molecular weight is 259 g/mol. The summed E-state index contributed by atoms with van der Waals surface area (Å²) in [6.07, 6.45) is -3.19. The molecule has 15 heavy (non-hydrogen) atoms. The van der Waals surface area contributed by atoms with E-state index in [1.807, 2.05) is 4.98 Å². The van der Waals surface area contributed by atoms with Crippen molar-refractivity contribution in [1.29, 1.82) is 0 Å². The van der Waals surface area contributed by atoms with Crippen molar-refractivity contribution >= 4 is 21.6 Å². The van der Waals surface area contributed by atoms with Crippen LogP contribution < -0.4 is 10.6 Å². The lowest BCUT2D eigenvalue weighted by Crippen LogP contribution is -2.24. The maximum absolute atomic E-state index is 12.4. The van der Waals surface area contributed by atoms with Gasteiger partial charge in [0.25, 0.3) is 6.43 Å². The topological polar surface area (TPSA) is 93.0 Å². The maximum Gasteiger partial charge on any atom is 0.279 e. The van der Waals surface area contributed by atoms with Gasteiger partial charge in [0.1, 0.15) is 10.8 Å². The molecule has 0 radical (unpaired) electrons. The zero-order valence-corrected chi connectivity index (χ0v) is 8.57. The first kappa shape index (κ1) is 12.1. The highest BCUT2D eigenvalue weighted by Crippen LogP contribution is 2.22. The molecule has 0 unspecified atom stereocenters. The highest BCUT2D eigenvalue weighted by Gasteiger charge is 2.25. The number of sulfonamides is 1. The summed E-state index contributed by atoms with van der Waals surface area (Å²) in [4.78, 5) is 11.8. The molecule has 0 aliphatic rings. The molecule has 84 valence electrons. The van der Waals surface area contributed by atoms with Crippen LogP contribution in [0, 0.1) is 0 Å². The van der Waals surface area contributed by atoms with Gasteiger partial charge >= 0.3 is 0 Å². The SMILES string of the molecule is NS(=O)(=O)c1c(C(F)F)[nH]c(Cl)cc1=O. The van der Waals surface area contributed by atoms with E-state index in [1.54, 1.807) is 0 Å². The molecule has 0 saturated carbocycles. The number of hydrogen-bond donors (Lipinski definition) is 2. The third-order valence-corrected chi connectivity index (χ3v) is 2.68. The Labute approximate surface area is 87.9 Å². The Bertz CT molecular complexity index is 540. The van der Waals surface area contributed by atoms with Crippen LogP contribution in [0.2, 0.25) is 5.15 Å². The summed E-state index contributed by atoms with van der Waals surface area (Å²) in [5, 5.41) is 4.24. The van der Waals surface area contributed by atoms with Crippen LogP contribution in [0.25, 0.3) is 0 Å². The lowest BCUT2D eigenvalue weighted by atomic mass is 10.3. The Balaban J connectivity index is 3.71. The summed E-state index contributed by atoms with van der Waals surface area (Å²) in [5.74, 6) is 0. The van der Waals surface area contributed by atoms with E-state index >= 15 is 0 Å². The first-order chi connectivity index (χ1) is 6.73. The molecule has 1 aromatic rings. The number of aromatic amines is 1. The number of hydrogen-bond acceptors (Lipinski definition) is 3. The van der Waals surface area contributed by atoms with Gasteiger partial charge in [-0.15, -0.1) is 0 Å². The highest BCUT2D eigenvalue weighted by molar-refractivity contribution is 7.89. The molecule has 0 aliphatic heterocycles. The smallest absolute Gasteiger partial charge is 0.279 e. The van der Waals surface area contributed by atoms with Crippen molar-refractivity contribution < 1.29 is 17.2 Å². The minimum atomic E-state index is -4.51. The van der Waals surface area contributed by atoms with E-state index in [0.717, 1.165) is 0 Å². The molecule has 0 atom stereocenters. The van der Waals surface area contributed by atoms with Crippen molar-refractivity contribution in [2.24, 2.45) is 5.14 Å². The lowest BCUT2D eigenvalue weighted by molar-refractivity contribution is 0.142. The molecular formula is C6H5ClF2N2O3S. The monoisotopic (exact) mass is 258 g/mol. The Hall–Kier alpha value is -0.990. The van der Waals surface area contributed by atoms with Gasteiger partial charge in [-0.25, -0.2) is 22.3 Å². The predicted molar refractivity (Wildman–Crippen MR) is 48.4 cm³/mol. The number of alkyl halides is 2. The first-order valence-electron chi connectivity index (χ1n) is 3.47. The third-order valence-electron chi connectivity index (χ3n) is 1.48. The molecule has 0 aliphatic carbocycles. The number of nitrogens with two attached hydrogens (primary N) is 1. The Morgan fingerprint density at radius 3 is 2.40 bits per heavy atom. The van der Waals surface area contributed by atoms with Crippen LogP contribution in [-0.4, -0.2) is 13.4 Å². The minimum Gasteiger partial charge on any atom is -0.343 e. The van der Waals surface area contributed by atoms with E-state index in [9.17, 15) is 22.0 Å². The van der Waals surface area contributed by atoms with E-state index in [1.165, 1.54) is 0 Å². The number of nitrogens with one attached hydrogen (secondary N) is 1. The van der Waals surface area contributed by atoms with Gasteiger partial charge < -0.3 is 4.98 Å². The predicted octanol–water partition coefficient (Wildman–Crippen LogP) is 0.613. The fraction of sp³-hybridized carbons (Fsp3) is 0.167. The molecule has 1 aromatic heterocycles. The van der Waals surface area contributed by atoms with Crippen molar-refractivity contribution in [2.45, 2.75) is 11.3 Å². The van der Waals surface area contributed by atoms with Crippen molar-refractivity contribution in [3.05, 3.63) is 27.1 Å². The number of H-pyrrole nitrogens is 1. The fourth-order valence-electron chi connectivity index (χ4n) is 0.982. The molecule has 1 rings (SSSR count). The number of rotatable bonds is 2. The molecule has 1 heterocycles. The normalized spacial score (nSPS) is 12.1. The van der Waals surface area contributed by atoms with E-state index in [2.05, 4.69) is 5.14 Å². The molecule has 3 N–H and O–H groups in total. The maximum atomic E-state index is 12.4. The second-order valence-corrected chi connectivity index (χ2v) is 4.48. The molecule has 9 heteroatoms. The van der Waals surface area contributed by atoms with Gasteiger partial charge in [0, 0.05) is 6.07 Å². The second kappa shape index (κ2) is 3.87. The van der Waals surface area contributed by atoms with E-state index in [4.69, 9.17) is 11.6 Å². The van der Waals surface area contributed by atoms with Gasteiger partial charge in [-0.3, -0.25) is 4.79 Å². The number of aromatic nitrogens is 1. The summed E-state index contributed by atoms with van der Waals surface area (Å²) in [7, 11) is -4.51. The van der Waals surface area contributed by atoms with Gasteiger partial charge in [0.2, 0.25) is 15.5 Å². The summed E-state index contributed by atoms with van der Waals surface area (Å²) in [6, 6.07) is 0.660. The van der Waals surface area contributed by atoms with Crippen molar-refractivity contribution in [3.8, 4) is 0 Å². The van der Waals surface area contributed by atoms with Crippen LogP contribution in [0.4, 0.5) is 8.78 Å². The van der Waals surface area contributed by atoms with Crippen LogP contribution in [0.5, 0.6) is 0 Å². The molecule has 0 spiro atoms. The summed E-state index contributed by atoms with van der Waals surface area (Å²) < 4.78 is 46.5. The van der Waals surface area contributed by atoms with E-state index in [-0.39, 0.29) is 5.15 Å². The average Bonchev–Trinajstić information content (AvgIpc) is 1.99. The lowest BCUT2D eigenvalue weighted by Gasteiger charge is -2.06. The van der Waals surface area contributed by atoms with Gasteiger partial charge in [-0.05, 0) is 0 Å². The van der Waals surface area contributed by atoms with Crippen molar-refractivity contribution in [3.63, 3.8) is 0 Å². The first-order valence-corrected chi connectivity index (χ1v) is 5.39. The van der Waals surface area contributed by atoms with Gasteiger partial charge in [0.05, 0.1) is 0 Å². The number of halogens is 3. The zero-order chi connectivity index (χ0) is 11.8. The van der Waals surface area contributed by atoms with Gasteiger partial charge in [0.15, 0.2) is 4.90 Å². The van der Waals surface area contributed by atoms with Crippen LogP contribution >= 0.6 is 11.6 Å². The molecule has 0 aromatic carbocycles. The van der Waals surface area contributed by atoms with Crippen molar-refractivity contribution in [1.82, 2.24) is 4.98 Å². The molecule has 0 amide bonds. The van der Waals surface area contributed by atoms with Gasteiger partial charge in [-0.2, -0.15) is 0 Å². The van der Waals surface area contributed by atoms with Crippen LogP contribution in [-0.2, 0) is 10.0 Å². The minimum absolute atomic E-state index is 0.386. The Morgan fingerprint density at radius 2 is 2.00 bits per heavy atom. The fourth-order valence-corrected chi connectivity index (χ4v) is 1.97. The Kier molecular flexibility index (Phi) is 3.12. The molecule has 0 fully saturated rings. The molecule has 0 bridgehead atoms. The summed E-state index contributed by atoms with van der Waals surface area (Å²) >= 11 is 5.29. The second-order valence-electron chi connectivity index (χ2n) is 2.57. The number of pyridine rings is 1. The van der Waals surface area contributed by atoms with E-state index < -0.39 is 32.5 Å². The molecule has 0 saturated heterocycles.